The van der Waals surface area contributed by atoms with Gasteiger partial charge >= 0.3 is 5.97 Å². The Kier molecular flexibility index (Phi) is 19.6. The van der Waals surface area contributed by atoms with Crippen LogP contribution in [0.2, 0.25) is 0 Å². The maximum Gasteiger partial charge on any atom is 0.305 e. The van der Waals surface area contributed by atoms with Crippen LogP contribution in [0.5, 0.6) is 0 Å². The minimum Gasteiger partial charge on any atom is -0.463 e. The molecule has 14 atom stereocenters. The molecule has 7 heteroatoms. The van der Waals surface area contributed by atoms with Crippen LogP contribution in [0.25, 0.3) is 0 Å². The lowest BCUT2D eigenvalue weighted by atomic mass is 9.47. The molecule has 0 radical (unpaired) electrons. The van der Waals surface area contributed by atoms with Gasteiger partial charge in [0.1, 0.15) is 31.0 Å². The standard InChI is InChI=1S/C52H92O7/c1-8-10-11-12-13-14-15-16-17-18-19-20-21-22-23-46(53)57-35-45-47(54)48(55)49(56)50(59-45)58-40-30-32-51(6)39(34-40)26-27-41-43-29-28-42(52(43,7)33-31-44(41)51)37(5)24-25-38(9-2)36(3)4/h26,36-38,40-45,47-50,54-56H,8-25,27-35H2,1-7H3/t37-,38-,40-,41-,42-,43+,44-,45-,47-,48+,49-,50-,51-,52+/m0/s1. The van der Waals surface area contributed by atoms with Gasteiger partial charge in [0.05, 0.1) is 6.10 Å². The molecule has 3 N–H and O–H groups in total. The van der Waals surface area contributed by atoms with Gasteiger partial charge in [0.15, 0.2) is 6.29 Å². The molecule has 0 aromatic carbocycles. The molecule has 0 aromatic rings. The number of hydrogen-bond acceptors (Lipinski definition) is 7. The molecule has 0 aromatic heterocycles. The number of carbonyl (C=O) groups is 1. The van der Waals surface area contributed by atoms with Crippen molar-refractivity contribution in [2.45, 2.75) is 252 Å². The van der Waals surface area contributed by atoms with Crippen molar-refractivity contribution in [2.24, 2.45) is 52.3 Å². The van der Waals surface area contributed by atoms with Gasteiger partial charge in [-0.2, -0.15) is 0 Å². The summed E-state index contributed by atoms with van der Waals surface area (Å²) < 4.78 is 18.0. The molecule has 1 heterocycles. The number of allylic oxidation sites excluding steroid dienone is 1. The Balaban J connectivity index is 1.03. The molecule has 7 nitrogen and oxygen atoms in total. The van der Waals surface area contributed by atoms with Crippen LogP contribution >= 0.6 is 0 Å². The predicted octanol–water partition coefficient (Wildman–Crippen LogP) is 12.3. The highest BCUT2D eigenvalue weighted by molar-refractivity contribution is 5.69. The summed E-state index contributed by atoms with van der Waals surface area (Å²) in [5.74, 6) is 5.24. The summed E-state index contributed by atoms with van der Waals surface area (Å²) >= 11 is 0. The van der Waals surface area contributed by atoms with Gasteiger partial charge < -0.3 is 29.5 Å². The van der Waals surface area contributed by atoms with E-state index in [9.17, 15) is 20.1 Å². The number of esters is 1. The summed E-state index contributed by atoms with van der Waals surface area (Å²) in [5, 5.41) is 32.5. The van der Waals surface area contributed by atoms with E-state index < -0.39 is 30.7 Å². The molecule has 0 unspecified atom stereocenters. The summed E-state index contributed by atoms with van der Waals surface area (Å²) in [6, 6.07) is 0. The molecule has 0 bridgehead atoms. The lowest BCUT2D eigenvalue weighted by Gasteiger charge is -2.58. The Morgan fingerprint density at radius 1 is 0.780 bits per heavy atom. The van der Waals surface area contributed by atoms with Crippen molar-refractivity contribution in [2.75, 3.05) is 6.61 Å². The third kappa shape index (κ3) is 12.6. The van der Waals surface area contributed by atoms with Crippen LogP contribution in [0.15, 0.2) is 11.6 Å². The number of rotatable bonds is 25. The number of unbranched alkanes of at least 4 members (excludes halogenated alkanes) is 13. The van der Waals surface area contributed by atoms with Crippen LogP contribution in [0, 0.1) is 52.3 Å². The van der Waals surface area contributed by atoms with Crippen molar-refractivity contribution < 1.29 is 34.3 Å². The lowest BCUT2D eigenvalue weighted by Crippen LogP contribution is -2.60. The minimum atomic E-state index is -1.44. The Labute approximate surface area is 362 Å². The van der Waals surface area contributed by atoms with Crippen molar-refractivity contribution >= 4 is 5.97 Å². The molecular weight excluding hydrogens is 737 g/mol. The van der Waals surface area contributed by atoms with E-state index in [-0.39, 0.29) is 24.1 Å². The number of aliphatic hydroxyl groups is 3. The number of hydrogen-bond donors (Lipinski definition) is 3. The highest BCUT2D eigenvalue weighted by Crippen LogP contribution is 2.67. The maximum atomic E-state index is 12.6. The second-order valence-electron chi connectivity index (χ2n) is 21.5. The Hall–Kier alpha value is -0.990. The second kappa shape index (κ2) is 23.6. The monoisotopic (exact) mass is 829 g/mol. The second-order valence-corrected chi connectivity index (χ2v) is 21.5. The van der Waals surface area contributed by atoms with E-state index in [1.54, 1.807) is 0 Å². The van der Waals surface area contributed by atoms with Gasteiger partial charge in [-0.25, -0.2) is 0 Å². The van der Waals surface area contributed by atoms with Crippen LogP contribution < -0.4 is 0 Å². The molecule has 0 spiro atoms. The van der Waals surface area contributed by atoms with E-state index >= 15 is 0 Å². The SMILES string of the molecule is CCCCCCCCCCCCCCCCC(=O)OC[C@@H]1O[C@H](O[C@H]2CC[C@@]3(C)C(=CC[C@H]4[C@H]5CC[C@@H]([C@@H](C)CC[C@H](CC)C(C)C)[C@@]5(C)CC[C@@H]43)C2)[C@@H](O)[C@H](O)[C@H]1O. The van der Waals surface area contributed by atoms with Crippen LogP contribution in [0.3, 0.4) is 0 Å². The molecule has 342 valence electrons. The number of aliphatic hydroxyl groups excluding tert-OH is 3. The topological polar surface area (TPSA) is 105 Å². The molecule has 4 aliphatic carbocycles. The van der Waals surface area contributed by atoms with Crippen molar-refractivity contribution in [3.63, 3.8) is 0 Å². The van der Waals surface area contributed by atoms with Crippen LogP contribution in [0.1, 0.15) is 215 Å². The molecule has 0 amide bonds. The van der Waals surface area contributed by atoms with E-state index in [1.807, 2.05) is 0 Å². The summed E-state index contributed by atoms with van der Waals surface area (Å²) in [7, 11) is 0. The molecule has 5 rings (SSSR count). The van der Waals surface area contributed by atoms with Gasteiger partial charge in [-0.15, -0.1) is 0 Å². The van der Waals surface area contributed by atoms with E-state index in [2.05, 4.69) is 54.5 Å². The zero-order valence-corrected chi connectivity index (χ0v) is 39.1. The largest absolute Gasteiger partial charge is 0.463 e. The average molecular weight is 829 g/mol. The molecule has 1 saturated heterocycles. The zero-order valence-electron chi connectivity index (χ0n) is 39.1. The van der Waals surface area contributed by atoms with Crippen molar-refractivity contribution in [3.05, 3.63) is 11.6 Å². The quantitative estimate of drug-likeness (QED) is 0.0478. The number of ether oxygens (including phenoxy) is 3. The lowest BCUT2D eigenvalue weighted by molar-refractivity contribution is -0.313. The third-order valence-electron chi connectivity index (χ3n) is 17.4. The van der Waals surface area contributed by atoms with Gasteiger partial charge in [-0.3, -0.25) is 4.79 Å². The van der Waals surface area contributed by atoms with Crippen LogP contribution in [-0.4, -0.2) is 64.7 Å². The van der Waals surface area contributed by atoms with E-state index in [1.165, 1.54) is 121 Å². The first-order chi connectivity index (χ1) is 28.3. The van der Waals surface area contributed by atoms with Crippen molar-refractivity contribution in [3.8, 4) is 0 Å². The summed E-state index contributed by atoms with van der Waals surface area (Å²) in [6.45, 7) is 17.0. The average Bonchev–Trinajstić information content (AvgIpc) is 3.58. The maximum absolute atomic E-state index is 12.6. The third-order valence-corrected chi connectivity index (χ3v) is 17.4. The van der Waals surface area contributed by atoms with Crippen LogP contribution in [-0.2, 0) is 19.0 Å². The van der Waals surface area contributed by atoms with Crippen molar-refractivity contribution in [1.29, 1.82) is 0 Å². The fraction of sp³-hybridized carbons (Fsp3) is 0.942. The highest BCUT2D eigenvalue weighted by Gasteiger charge is 2.59. The van der Waals surface area contributed by atoms with E-state index in [0.29, 0.717) is 17.8 Å². The van der Waals surface area contributed by atoms with E-state index in [0.717, 1.165) is 80.5 Å². The van der Waals surface area contributed by atoms with Gasteiger partial charge in [0.25, 0.3) is 0 Å². The Bertz CT molecular complexity index is 1270. The fourth-order valence-electron chi connectivity index (χ4n) is 13.5. The van der Waals surface area contributed by atoms with Gasteiger partial charge in [-0.05, 0) is 116 Å². The number of fused-ring (bicyclic) bond motifs is 5. The fourth-order valence-corrected chi connectivity index (χ4v) is 13.5. The summed E-state index contributed by atoms with van der Waals surface area (Å²) in [6.07, 6.45) is 27.6. The minimum absolute atomic E-state index is 0.139. The van der Waals surface area contributed by atoms with E-state index in [4.69, 9.17) is 14.2 Å². The smallest absolute Gasteiger partial charge is 0.305 e. The number of carbonyl (C=O) groups excluding carboxylic acids is 1. The first kappa shape index (κ1) is 49.0. The van der Waals surface area contributed by atoms with Crippen molar-refractivity contribution in [1.82, 2.24) is 0 Å². The molecule has 3 saturated carbocycles. The Morgan fingerprint density at radius 3 is 2.05 bits per heavy atom. The van der Waals surface area contributed by atoms with Gasteiger partial charge in [-0.1, -0.05) is 156 Å². The first-order valence-corrected chi connectivity index (χ1v) is 25.5. The normalized spacial score (nSPS) is 36.7. The molecule has 1 aliphatic heterocycles. The van der Waals surface area contributed by atoms with Gasteiger partial charge in [0, 0.05) is 6.42 Å². The molecule has 5 aliphatic rings. The van der Waals surface area contributed by atoms with Gasteiger partial charge in [0.2, 0.25) is 0 Å². The van der Waals surface area contributed by atoms with Crippen LogP contribution in [0.4, 0.5) is 0 Å². The highest BCUT2D eigenvalue weighted by atomic mass is 16.7. The molecule has 4 fully saturated rings. The predicted molar refractivity (Wildman–Crippen MR) is 240 cm³/mol. The molecular formula is C52H92O7. The Morgan fingerprint density at radius 2 is 1.42 bits per heavy atom. The zero-order chi connectivity index (χ0) is 42.6. The summed E-state index contributed by atoms with van der Waals surface area (Å²) in [5.41, 5.74) is 2.13. The molecule has 59 heavy (non-hydrogen) atoms. The first-order valence-electron chi connectivity index (χ1n) is 25.5. The summed E-state index contributed by atoms with van der Waals surface area (Å²) in [4.78, 5) is 12.6.